The van der Waals surface area contributed by atoms with Gasteiger partial charge in [-0.2, -0.15) is 0 Å². The number of nitrogens with one attached hydrogen (secondary N) is 2. The maximum atomic E-state index is 13.4. The zero-order chi connectivity index (χ0) is 18.2. The van der Waals surface area contributed by atoms with E-state index in [4.69, 9.17) is 0 Å². The molecular formula is C22H29N3O. The number of amides is 1. The molecule has 4 saturated carbocycles. The van der Waals surface area contributed by atoms with Crippen molar-refractivity contribution in [3.05, 3.63) is 30.1 Å². The minimum Gasteiger partial charge on any atom is -0.346 e. The van der Waals surface area contributed by atoms with Crippen LogP contribution in [-0.2, 0) is 4.79 Å². The van der Waals surface area contributed by atoms with Gasteiger partial charge in [-0.3, -0.25) is 4.79 Å². The van der Waals surface area contributed by atoms with Crippen molar-refractivity contribution in [2.45, 2.75) is 65.3 Å². The van der Waals surface area contributed by atoms with Gasteiger partial charge < -0.3 is 10.3 Å². The van der Waals surface area contributed by atoms with E-state index in [1.165, 1.54) is 19.3 Å². The van der Waals surface area contributed by atoms with E-state index in [9.17, 15) is 4.79 Å². The number of carbonyl (C=O) groups is 1. The number of aromatic amines is 1. The number of hydrogen-bond donors (Lipinski definition) is 2. The van der Waals surface area contributed by atoms with Crippen LogP contribution in [0.3, 0.4) is 0 Å². The van der Waals surface area contributed by atoms with Crippen LogP contribution in [-0.4, -0.2) is 15.9 Å². The zero-order valence-corrected chi connectivity index (χ0v) is 16.1. The van der Waals surface area contributed by atoms with E-state index in [1.807, 2.05) is 31.2 Å². The van der Waals surface area contributed by atoms with E-state index in [-0.39, 0.29) is 17.4 Å². The molecule has 4 aliphatic rings. The first-order valence-corrected chi connectivity index (χ1v) is 10.0. The molecule has 4 heteroatoms. The lowest BCUT2D eigenvalue weighted by Crippen LogP contribution is -2.60. The Balaban J connectivity index is 1.40. The largest absolute Gasteiger partial charge is 0.346 e. The molecule has 0 spiro atoms. The summed E-state index contributed by atoms with van der Waals surface area (Å²) in [7, 11) is 0. The lowest BCUT2D eigenvalue weighted by Gasteiger charge is -2.64. The molecule has 2 N–H and O–H groups in total. The van der Waals surface area contributed by atoms with Crippen LogP contribution in [0.25, 0.3) is 11.0 Å². The van der Waals surface area contributed by atoms with Gasteiger partial charge in [-0.25, -0.2) is 4.98 Å². The number of para-hydroxylation sites is 2. The highest BCUT2D eigenvalue weighted by Crippen LogP contribution is 2.69. The molecule has 26 heavy (non-hydrogen) atoms. The number of aromatic nitrogens is 2. The smallest absolute Gasteiger partial charge is 0.226 e. The van der Waals surface area contributed by atoms with Crippen molar-refractivity contribution in [2.75, 3.05) is 0 Å². The number of benzene rings is 1. The molecule has 0 saturated heterocycles. The first-order valence-electron chi connectivity index (χ1n) is 10.0. The Morgan fingerprint density at radius 1 is 1.15 bits per heavy atom. The normalized spacial score (nSPS) is 39.3. The SMILES string of the molecule is CC(NC(=O)C12CC3CC(C)(CC(C)(C3)C1)C2)c1nc2ccccc2[nH]1. The van der Waals surface area contributed by atoms with Crippen molar-refractivity contribution in [3.8, 4) is 0 Å². The molecule has 4 aliphatic carbocycles. The summed E-state index contributed by atoms with van der Waals surface area (Å²) in [6, 6.07) is 7.94. The van der Waals surface area contributed by atoms with Gasteiger partial charge in [0, 0.05) is 0 Å². The Morgan fingerprint density at radius 2 is 1.85 bits per heavy atom. The molecule has 3 unspecified atom stereocenters. The fourth-order valence-corrected chi connectivity index (χ4v) is 7.30. The third-order valence-corrected chi connectivity index (χ3v) is 7.27. The number of H-pyrrole nitrogens is 1. The maximum absolute atomic E-state index is 13.4. The molecular weight excluding hydrogens is 322 g/mol. The van der Waals surface area contributed by atoms with Crippen LogP contribution in [0.1, 0.15) is 71.2 Å². The lowest BCUT2D eigenvalue weighted by atomic mass is 9.40. The molecule has 4 nitrogen and oxygen atoms in total. The molecule has 1 amide bonds. The summed E-state index contributed by atoms with van der Waals surface area (Å²) in [5.74, 6) is 1.84. The van der Waals surface area contributed by atoms with Crippen LogP contribution in [0, 0.1) is 22.2 Å². The maximum Gasteiger partial charge on any atom is 0.226 e. The second-order valence-corrected chi connectivity index (χ2v) is 10.2. The molecule has 6 rings (SSSR count). The molecule has 4 fully saturated rings. The summed E-state index contributed by atoms with van der Waals surface area (Å²) in [6.07, 6.45) is 7.13. The highest BCUT2D eigenvalue weighted by atomic mass is 16.2. The van der Waals surface area contributed by atoms with Gasteiger partial charge in [-0.05, 0) is 74.3 Å². The van der Waals surface area contributed by atoms with Gasteiger partial charge >= 0.3 is 0 Å². The van der Waals surface area contributed by atoms with Gasteiger partial charge in [0.2, 0.25) is 5.91 Å². The van der Waals surface area contributed by atoms with Crippen molar-refractivity contribution < 1.29 is 4.79 Å². The number of rotatable bonds is 3. The van der Waals surface area contributed by atoms with Crippen LogP contribution >= 0.6 is 0 Å². The molecule has 1 aromatic carbocycles. The standard InChI is InChI=1S/C22H29N3O/c1-14(18-24-16-6-4-5-7-17(16)25-18)23-19(26)22-10-15-8-20(2,12-22)11-21(3,9-15)13-22/h4-7,14-15H,8-13H2,1-3H3,(H,23,26)(H,24,25). The van der Waals surface area contributed by atoms with Crippen LogP contribution in [0.5, 0.6) is 0 Å². The predicted molar refractivity (Wildman–Crippen MR) is 102 cm³/mol. The Morgan fingerprint density at radius 3 is 2.50 bits per heavy atom. The minimum absolute atomic E-state index is 0.0940. The van der Waals surface area contributed by atoms with Crippen LogP contribution in [0.2, 0.25) is 0 Å². The molecule has 4 bridgehead atoms. The summed E-state index contributed by atoms with van der Waals surface area (Å²) in [6.45, 7) is 6.88. The molecule has 1 aromatic heterocycles. The molecule has 0 aliphatic heterocycles. The average Bonchev–Trinajstić information content (AvgIpc) is 2.95. The second-order valence-electron chi connectivity index (χ2n) is 10.2. The van der Waals surface area contributed by atoms with Crippen LogP contribution in [0.4, 0.5) is 0 Å². The van der Waals surface area contributed by atoms with Crippen molar-refractivity contribution in [2.24, 2.45) is 22.2 Å². The van der Waals surface area contributed by atoms with E-state index in [0.717, 1.165) is 42.0 Å². The summed E-state index contributed by atoms with van der Waals surface area (Å²) in [5.41, 5.74) is 2.53. The summed E-state index contributed by atoms with van der Waals surface area (Å²) >= 11 is 0. The van der Waals surface area contributed by atoms with E-state index in [1.54, 1.807) is 0 Å². The molecule has 1 heterocycles. The fraction of sp³-hybridized carbons (Fsp3) is 0.636. The van der Waals surface area contributed by atoms with Crippen molar-refractivity contribution in [1.29, 1.82) is 0 Å². The monoisotopic (exact) mass is 351 g/mol. The Hall–Kier alpha value is -1.84. The molecule has 138 valence electrons. The highest BCUT2D eigenvalue weighted by Gasteiger charge is 2.62. The van der Waals surface area contributed by atoms with Crippen LogP contribution < -0.4 is 5.32 Å². The van der Waals surface area contributed by atoms with E-state index in [2.05, 4.69) is 29.1 Å². The Bertz CT molecular complexity index is 833. The van der Waals surface area contributed by atoms with Gasteiger partial charge in [0.1, 0.15) is 5.82 Å². The van der Waals surface area contributed by atoms with E-state index < -0.39 is 0 Å². The lowest BCUT2D eigenvalue weighted by molar-refractivity contribution is -0.170. The second kappa shape index (κ2) is 5.11. The number of imidazole rings is 1. The highest BCUT2D eigenvalue weighted by molar-refractivity contribution is 5.84. The summed E-state index contributed by atoms with van der Waals surface area (Å²) < 4.78 is 0. The predicted octanol–water partition coefficient (Wildman–Crippen LogP) is 4.74. The van der Waals surface area contributed by atoms with Gasteiger partial charge in [-0.1, -0.05) is 26.0 Å². The zero-order valence-electron chi connectivity index (χ0n) is 16.1. The molecule has 2 aromatic rings. The average molecular weight is 351 g/mol. The Labute approximate surface area is 155 Å². The Kier molecular flexibility index (Phi) is 3.21. The van der Waals surface area contributed by atoms with Gasteiger partial charge in [0.15, 0.2) is 0 Å². The third kappa shape index (κ3) is 2.41. The van der Waals surface area contributed by atoms with Crippen molar-refractivity contribution in [3.63, 3.8) is 0 Å². The number of hydrogen-bond acceptors (Lipinski definition) is 2. The number of nitrogens with zero attached hydrogens (tertiary/aromatic N) is 1. The number of carbonyl (C=O) groups excluding carboxylic acids is 1. The first kappa shape index (κ1) is 16.3. The molecule has 0 radical (unpaired) electrons. The van der Waals surface area contributed by atoms with Gasteiger partial charge in [0.05, 0.1) is 22.5 Å². The topological polar surface area (TPSA) is 57.8 Å². The van der Waals surface area contributed by atoms with Crippen molar-refractivity contribution >= 4 is 16.9 Å². The fourth-order valence-electron chi connectivity index (χ4n) is 7.30. The third-order valence-electron chi connectivity index (χ3n) is 7.27. The van der Waals surface area contributed by atoms with Gasteiger partial charge in [-0.15, -0.1) is 0 Å². The van der Waals surface area contributed by atoms with Crippen molar-refractivity contribution in [1.82, 2.24) is 15.3 Å². The van der Waals surface area contributed by atoms with Gasteiger partial charge in [0.25, 0.3) is 0 Å². The molecule has 3 atom stereocenters. The summed E-state index contributed by atoms with van der Waals surface area (Å²) in [5, 5.41) is 3.32. The number of fused-ring (bicyclic) bond motifs is 1. The van der Waals surface area contributed by atoms with Crippen LogP contribution in [0.15, 0.2) is 24.3 Å². The quantitative estimate of drug-likeness (QED) is 0.839. The summed E-state index contributed by atoms with van der Waals surface area (Å²) in [4.78, 5) is 21.5. The van der Waals surface area contributed by atoms with E-state index in [0.29, 0.717) is 10.8 Å². The first-order chi connectivity index (χ1) is 12.3. The van der Waals surface area contributed by atoms with E-state index >= 15 is 0 Å². The minimum atomic E-state index is -0.163.